The van der Waals surface area contributed by atoms with E-state index < -0.39 is 0 Å². The zero-order valence-electron chi connectivity index (χ0n) is 12.1. The van der Waals surface area contributed by atoms with Crippen molar-refractivity contribution in [1.82, 2.24) is 15.0 Å². The zero-order valence-corrected chi connectivity index (χ0v) is 13.7. The summed E-state index contributed by atoms with van der Waals surface area (Å²) in [6.45, 7) is 3.19. The highest BCUT2D eigenvalue weighted by Crippen LogP contribution is 2.23. The molecule has 0 aliphatic heterocycles. The van der Waals surface area contributed by atoms with E-state index in [1.54, 1.807) is 12.5 Å². The first-order valence-corrected chi connectivity index (χ1v) is 7.77. The summed E-state index contributed by atoms with van der Waals surface area (Å²) in [4.78, 5) is 12.8. The fourth-order valence-corrected chi connectivity index (χ4v) is 2.50. The number of ether oxygens (including phenoxy) is 1. The molecule has 3 aromatic rings. The Morgan fingerprint density at radius 1 is 1.14 bits per heavy atom. The van der Waals surface area contributed by atoms with Gasteiger partial charge < -0.3 is 10.1 Å². The molecule has 1 aromatic carbocycles. The summed E-state index contributed by atoms with van der Waals surface area (Å²) >= 11 is 3.48. The van der Waals surface area contributed by atoms with Crippen LogP contribution in [0, 0.1) is 0 Å². The first kappa shape index (κ1) is 14.7. The van der Waals surface area contributed by atoms with Crippen LogP contribution in [-0.2, 0) is 6.54 Å². The molecular formula is C16H15BrN4O. The summed E-state index contributed by atoms with van der Waals surface area (Å²) < 4.78 is 6.41. The minimum absolute atomic E-state index is 0.606. The van der Waals surface area contributed by atoms with E-state index >= 15 is 0 Å². The maximum atomic E-state index is 5.41. The van der Waals surface area contributed by atoms with Gasteiger partial charge in [0.1, 0.15) is 12.1 Å². The second-order valence-electron chi connectivity index (χ2n) is 4.67. The Balaban J connectivity index is 1.82. The molecule has 0 saturated carbocycles. The standard InChI is InChI=1S/C16H15BrN4O/c1-2-22-15-7-11(5-6-18-15)9-19-16-13-8-12(17)3-4-14(13)20-10-21-16/h3-8,10H,2,9H2,1H3,(H,19,20,21). The Morgan fingerprint density at radius 3 is 2.91 bits per heavy atom. The van der Waals surface area contributed by atoms with E-state index in [0.717, 1.165) is 26.8 Å². The molecule has 0 aliphatic rings. The van der Waals surface area contributed by atoms with Gasteiger partial charge in [-0.15, -0.1) is 0 Å². The SMILES string of the molecule is CCOc1cc(CNc2ncnc3ccc(Br)cc23)ccn1. The summed E-state index contributed by atoms with van der Waals surface area (Å²) in [6, 6.07) is 9.82. The smallest absolute Gasteiger partial charge is 0.213 e. The molecule has 0 saturated heterocycles. The van der Waals surface area contributed by atoms with Crippen molar-refractivity contribution < 1.29 is 4.74 Å². The number of benzene rings is 1. The predicted octanol–water partition coefficient (Wildman–Crippen LogP) is 3.80. The van der Waals surface area contributed by atoms with Gasteiger partial charge in [-0.05, 0) is 36.8 Å². The van der Waals surface area contributed by atoms with Gasteiger partial charge in [-0.3, -0.25) is 0 Å². The van der Waals surface area contributed by atoms with Crippen molar-refractivity contribution in [2.45, 2.75) is 13.5 Å². The minimum atomic E-state index is 0.606. The number of nitrogens with zero attached hydrogens (tertiary/aromatic N) is 3. The maximum Gasteiger partial charge on any atom is 0.213 e. The number of halogens is 1. The summed E-state index contributed by atoms with van der Waals surface area (Å²) in [7, 11) is 0. The van der Waals surface area contributed by atoms with Crippen molar-refractivity contribution in [3.63, 3.8) is 0 Å². The van der Waals surface area contributed by atoms with Gasteiger partial charge in [0, 0.05) is 28.7 Å². The quantitative estimate of drug-likeness (QED) is 0.751. The predicted molar refractivity (Wildman–Crippen MR) is 90.0 cm³/mol. The van der Waals surface area contributed by atoms with Gasteiger partial charge in [-0.2, -0.15) is 0 Å². The third-order valence-electron chi connectivity index (χ3n) is 3.15. The highest BCUT2D eigenvalue weighted by molar-refractivity contribution is 9.10. The van der Waals surface area contributed by atoms with E-state index in [2.05, 4.69) is 36.2 Å². The molecule has 0 unspecified atom stereocenters. The lowest BCUT2D eigenvalue weighted by Gasteiger charge is -2.09. The molecule has 3 rings (SSSR count). The van der Waals surface area contributed by atoms with E-state index in [9.17, 15) is 0 Å². The number of nitrogens with one attached hydrogen (secondary N) is 1. The van der Waals surface area contributed by atoms with Gasteiger partial charge in [0.15, 0.2) is 0 Å². The van der Waals surface area contributed by atoms with E-state index in [4.69, 9.17) is 4.74 Å². The fraction of sp³-hybridized carbons (Fsp3) is 0.188. The number of anilines is 1. The number of pyridine rings is 1. The highest BCUT2D eigenvalue weighted by atomic mass is 79.9. The molecule has 112 valence electrons. The molecular weight excluding hydrogens is 344 g/mol. The molecule has 1 N–H and O–H groups in total. The molecule has 2 aromatic heterocycles. The number of hydrogen-bond acceptors (Lipinski definition) is 5. The minimum Gasteiger partial charge on any atom is -0.478 e. The molecule has 0 fully saturated rings. The van der Waals surface area contributed by atoms with Crippen LogP contribution in [0.4, 0.5) is 5.82 Å². The maximum absolute atomic E-state index is 5.41. The van der Waals surface area contributed by atoms with Crippen LogP contribution in [0.2, 0.25) is 0 Å². The van der Waals surface area contributed by atoms with Gasteiger partial charge in [0.25, 0.3) is 0 Å². The Bertz CT molecular complexity index is 794. The normalized spacial score (nSPS) is 10.6. The second-order valence-corrected chi connectivity index (χ2v) is 5.59. The number of fused-ring (bicyclic) bond motifs is 1. The Labute approximate surface area is 136 Å². The van der Waals surface area contributed by atoms with Crippen molar-refractivity contribution in [3.8, 4) is 5.88 Å². The molecule has 0 atom stereocenters. The molecule has 0 amide bonds. The zero-order chi connectivity index (χ0) is 15.4. The second kappa shape index (κ2) is 6.70. The highest BCUT2D eigenvalue weighted by Gasteiger charge is 2.05. The molecule has 0 radical (unpaired) electrons. The summed E-state index contributed by atoms with van der Waals surface area (Å²) in [5.74, 6) is 1.44. The van der Waals surface area contributed by atoms with Crippen LogP contribution in [0.5, 0.6) is 5.88 Å². The summed E-state index contributed by atoms with van der Waals surface area (Å²) in [6.07, 6.45) is 3.31. The first-order valence-electron chi connectivity index (χ1n) is 6.98. The van der Waals surface area contributed by atoms with E-state index in [-0.39, 0.29) is 0 Å². The lowest BCUT2D eigenvalue weighted by Crippen LogP contribution is -2.03. The summed E-state index contributed by atoms with van der Waals surface area (Å²) in [5.41, 5.74) is 1.99. The topological polar surface area (TPSA) is 59.9 Å². The largest absolute Gasteiger partial charge is 0.478 e. The van der Waals surface area contributed by atoms with Crippen LogP contribution in [0.1, 0.15) is 12.5 Å². The van der Waals surface area contributed by atoms with Crippen LogP contribution in [0.25, 0.3) is 10.9 Å². The van der Waals surface area contributed by atoms with E-state index in [1.165, 1.54) is 0 Å². The average Bonchev–Trinajstić information content (AvgIpc) is 2.53. The average molecular weight is 359 g/mol. The van der Waals surface area contributed by atoms with Crippen molar-refractivity contribution in [3.05, 3.63) is 52.9 Å². The third kappa shape index (κ3) is 3.33. The van der Waals surface area contributed by atoms with Gasteiger partial charge >= 0.3 is 0 Å². The molecule has 22 heavy (non-hydrogen) atoms. The Kier molecular flexibility index (Phi) is 4.48. The molecule has 6 heteroatoms. The third-order valence-corrected chi connectivity index (χ3v) is 3.64. The number of hydrogen-bond donors (Lipinski definition) is 1. The van der Waals surface area contributed by atoms with Crippen LogP contribution in [0.15, 0.2) is 47.3 Å². The Morgan fingerprint density at radius 2 is 2.05 bits per heavy atom. The lowest BCUT2D eigenvalue weighted by molar-refractivity contribution is 0.326. The lowest BCUT2D eigenvalue weighted by atomic mass is 10.2. The monoisotopic (exact) mass is 358 g/mol. The van der Waals surface area contributed by atoms with Crippen molar-refractivity contribution in [2.75, 3.05) is 11.9 Å². The van der Waals surface area contributed by atoms with Crippen LogP contribution >= 0.6 is 15.9 Å². The van der Waals surface area contributed by atoms with E-state index in [0.29, 0.717) is 19.0 Å². The molecule has 0 spiro atoms. The molecule has 5 nitrogen and oxygen atoms in total. The Hall–Kier alpha value is -2.21. The fourth-order valence-electron chi connectivity index (χ4n) is 2.14. The summed E-state index contributed by atoms with van der Waals surface area (Å²) in [5, 5.41) is 4.33. The van der Waals surface area contributed by atoms with Gasteiger partial charge in [-0.25, -0.2) is 15.0 Å². The van der Waals surface area contributed by atoms with Gasteiger partial charge in [0.2, 0.25) is 5.88 Å². The molecule has 0 aliphatic carbocycles. The first-order chi connectivity index (χ1) is 10.8. The van der Waals surface area contributed by atoms with Gasteiger partial charge in [-0.1, -0.05) is 15.9 Å². The van der Waals surface area contributed by atoms with Crippen molar-refractivity contribution in [2.24, 2.45) is 0 Å². The van der Waals surface area contributed by atoms with Crippen molar-refractivity contribution in [1.29, 1.82) is 0 Å². The van der Waals surface area contributed by atoms with Crippen molar-refractivity contribution >= 4 is 32.7 Å². The van der Waals surface area contributed by atoms with Gasteiger partial charge in [0.05, 0.1) is 12.1 Å². The molecule has 2 heterocycles. The number of rotatable bonds is 5. The van der Waals surface area contributed by atoms with Crippen LogP contribution in [-0.4, -0.2) is 21.6 Å². The van der Waals surface area contributed by atoms with Crippen LogP contribution in [0.3, 0.4) is 0 Å². The van der Waals surface area contributed by atoms with Crippen LogP contribution < -0.4 is 10.1 Å². The number of aromatic nitrogens is 3. The van der Waals surface area contributed by atoms with E-state index in [1.807, 2.05) is 37.3 Å². The molecule has 0 bridgehead atoms.